The number of para-hydroxylation sites is 1. The molecule has 1 N–H and O–H groups in total. The molecular weight excluding hydrogens is 461 g/mol. The van der Waals surface area contributed by atoms with Crippen molar-refractivity contribution in [3.05, 3.63) is 46.6 Å². The molecule has 2 unspecified atom stereocenters. The number of aromatic nitrogens is 2. The van der Waals surface area contributed by atoms with Crippen LogP contribution in [0.25, 0.3) is 0 Å². The maximum absolute atomic E-state index is 14.8. The van der Waals surface area contributed by atoms with Crippen LogP contribution in [0.3, 0.4) is 0 Å². The topological polar surface area (TPSA) is 87.7 Å². The van der Waals surface area contributed by atoms with Crippen molar-refractivity contribution >= 4 is 35.2 Å². The second-order valence-corrected chi connectivity index (χ2v) is 10.1. The summed E-state index contributed by atoms with van der Waals surface area (Å²) >= 11 is 6.08. The molecule has 2 heterocycles. The van der Waals surface area contributed by atoms with E-state index in [-0.39, 0.29) is 35.6 Å². The lowest BCUT2D eigenvalue weighted by Crippen LogP contribution is -2.55. The Bertz CT molecular complexity index is 1090. The molecule has 1 fully saturated rings. The van der Waals surface area contributed by atoms with Crippen molar-refractivity contribution in [2.45, 2.75) is 77.6 Å². The summed E-state index contributed by atoms with van der Waals surface area (Å²) in [6, 6.07) is 3.91. The highest BCUT2D eigenvalue weighted by Gasteiger charge is 2.40. The Morgan fingerprint density at radius 1 is 1.29 bits per heavy atom. The minimum atomic E-state index is -0.605. The number of rotatable bonds is 3. The predicted octanol–water partition coefficient (Wildman–Crippen LogP) is 5.36. The predicted molar refractivity (Wildman–Crippen MR) is 128 cm³/mol. The number of nitrogens with one attached hydrogen (secondary N) is 1. The molecule has 10 heteroatoms. The van der Waals surface area contributed by atoms with E-state index in [1.54, 1.807) is 30.2 Å². The largest absolute Gasteiger partial charge is 0.444 e. The Hall–Kier alpha value is -2.94. The molecule has 0 spiro atoms. The van der Waals surface area contributed by atoms with Crippen molar-refractivity contribution in [3.8, 4) is 0 Å². The van der Waals surface area contributed by atoms with E-state index in [9.17, 15) is 14.0 Å². The van der Waals surface area contributed by atoms with Gasteiger partial charge in [0.15, 0.2) is 0 Å². The summed E-state index contributed by atoms with van der Waals surface area (Å²) in [5.41, 5.74) is 0.956. The van der Waals surface area contributed by atoms with Gasteiger partial charge in [-0.3, -0.25) is 9.80 Å². The fourth-order valence-electron chi connectivity index (χ4n) is 4.63. The molecule has 1 saturated carbocycles. The molecule has 1 aromatic heterocycles. The van der Waals surface area contributed by atoms with E-state index in [0.717, 1.165) is 12.8 Å². The number of halogens is 2. The molecule has 2 atom stereocenters. The number of aryl methyl sites for hydroxylation is 1. The van der Waals surface area contributed by atoms with Gasteiger partial charge in [-0.2, -0.15) is 4.98 Å². The number of urea groups is 1. The number of fused-ring (bicyclic) bond motifs is 1. The maximum atomic E-state index is 14.8. The first-order chi connectivity index (χ1) is 16.0. The average molecular weight is 490 g/mol. The molecule has 1 aromatic carbocycles. The molecule has 1 aliphatic carbocycles. The lowest BCUT2D eigenvalue weighted by atomic mass is 9.89. The molecule has 2 aromatic rings. The Morgan fingerprint density at radius 2 is 2.06 bits per heavy atom. The number of carbonyl (C=O) groups excluding carboxylic acids is 2. The van der Waals surface area contributed by atoms with E-state index in [4.69, 9.17) is 16.3 Å². The van der Waals surface area contributed by atoms with Gasteiger partial charge in [0, 0.05) is 23.8 Å². The van der Waals surface area contributed by atoms with E-state index in [1.807, 2.05) is 20.8 Å². The SMILES string of the molecule is Cc1cccc(F)c1N1Cc2cnc(Cl)nc2N(C2CCCC(NC(=O)OC(C)(C)C)C2)C1=O. The summed E-state index contributed by atoms with van der Waals surface area (Å²) in [6.07, 6.45) is 3.87. The molecule has 0 saturated heterocycles. The number of alkyl carbamates (subject to hydrolysis) is 1. The number of hydrogen-bond acceptors (Lipinski definition) is 5. The quantitative estimate of drug-likeness (QED) is 0.586. The average Bonchev–Trinajstić information content (AvgIpc) is 2.73. The minimum Gasteiger partial charge on any atom is -0.444 e. The smallest absolute Gasteiger partial charge is 0.407 e. The molecule has 2 aliphatic rings. The Kier molecular flexibility index (Phi) is 6.66. The van der Waals surface area contributed by atoms with Crippen molar-refractivity contribution < 1.29 is 18.7 Å². The highest BCUT2D eigenvalue weighted by atomic mass is 35.5. The van der Waals surface area contributed by atoms with Crippen molar-refractivity contribution in [3.63, 3.8) is 0 Å². The first-order valence-electron chi connectivity index (χ1n) is 11.4. The number of hydrogen-bond donors (Lipinski definition) is 1. The van der Waals surface area contributed by atoms with Crippen LogP contribution >= 0.6 is 11.6 Å². The molecule has 182 valence electrons. The van der Waals surface area contributed by atoms with Crippen LogP contribution in [0.4, 0.5) is 25.5 Å². The number of anilines is 2. The molecule has 0 bridgehead atoms. The number of benzene rings is 1. The van der Waals surface area contributed by atoms with Gasteiger partial charge in [0.2, 0.25) is 5.28 Å². The van der Waals surface area contributed by atoms with Gasteiger partial charge in [0.25, 0.3) is 0 Å². The maximum Gasteiger partial charge on any atom is 0.407 e. The number of ether oxygens (including phenoxy) is 1. The standard InChI is InChI=1S/C24H29ClFN5O3/c1-14-7-5-10-18(26)19(14)30-13-15-12-27-21(25)29-20(15)31(23(30)33)17-9-6-8-16(11-17)28-22(32)34-24(2,3)4/h5,7,10,12,16-17H,6,8-9,11,13H2,1-4H3,(H,28,32). The summed E-state index contributed by atoms with van der Waals surface area (Å²) < 4.78 is 20.2. The van der Waals surface area contributed by atoms with Crippen LogP contribution in [0.2, 0.25) is 5.28 Å². The zero-order valence-corrected chi connectivity index (χ0v) is 20.5. The zero-order valence-electron chi connectivity index (χ0n) is 19.8. The Balaban J connectivity index is 1.65. The van der Waals surface area contributed by atoms with Gasteiger partial charge < -0.3 is 10.1 Å². The Morgan fingerprint density at radius 3 is 2.76 bits per heavy atom. The van der Waals surface area contributed by atoms with Crippen molar-refractivity contribution in [2.24, 2.45) is 0 Å². The Labute approximate surface area is 203 Å². The molecule has 3 amide bonds. The molecular formula is C24H29ClFN5O3. The van der Waals surface area contributed by atoms with Gasteiger partial charge in [-0.05, 0) is 76.6 Å². The minimum absolute atomic E-state index is 0.0336. The zero-order chi connectivity index (χ0) is 24.6. The van der Waals surface area contributed by atoms with Crippen molar-refractivity contribution in [2.75, 3.05) is 9.80 Å². The molecule has 34 heavy (non-hydrogen) atoms. The molecule has 8 nitrogen and oxygen atoms in total. The summed E-state index contributed by atoms with van der Waals surface area (Å²) in [4.78, 5) is 37.6. The van der Waals surface area contributed by atoms with E-state index in [2.05, 4.69) is 15.3 Å². The van der Waals surface area contributed by atoms with Gasteiger partial charge in [-0.15, -0.1) is 0 Å². The summed E-state index contributed by atoms with van der Waals surface area (Å²) in [5, 5.41) is 2.96. The second kappa shape index (κ2) is 9.37. The first kappa shape index (κ1) is 24.2. The van der Waals surface area contributed by atoms with Crippen molar-refractivity contribution in [1.29, 1.82) is 0 Å². The van der Waals surface area contributed by atoms with Crippen LogP contribution < -0.4 is 15.1 Å². The van der Waals surface area contributed by atoms with E-state index >= 15 is 0 Å². The van der Waals surface area contributed by atoms with Crippen LogP contribution in [-0.2, 0) is 11.3 Å². The fraction of sp³-hybridized carbons (Fsp3) is 0.500. The van der Waals surface area contributed by atoms with Gasteiger partial charge in [0.1, 0.15) is 17.2 Å². The molecule has 1 aliphatic heterocycles. The highest BCUT2D eigenvalue weighted by Crippen LogP contribution is 2.37. The second-order valence-electron chi connectivity index (χ2n) is 9.80. The lowest BCUT2D eigenvalue weighted by molar-refractivity contribution is 0.0491. The fourth-order valence-corrected chi connectivity index (χ4v) is 4.76. The monoisotopic (exact) mass is 489 g/mol. The van der Waals surface area contributed by atoms with Crippen LogP contribution in [0.15, 0.2) is 24.4 Å². The summed E-state index contributed by atoms with van der Waals surface area (Å²) in [6.45, 7) is 7.33. The normalized spacial score (nSPS) is 20.7. The number of carbonyl (C=O) groups is 2. The third kappa shape index (κ3) is 5.09. The van der Waals surface area contributed by atoms with Gasteiger partial charge in [-0.1, -0.05) is 12.1 Å². The third-order valence-electron chi connectivity index (χ3n) is 6.00. The van der Waals surface area contributed by atoms with Gasteiger partial charge >= 0.3 is 12.1 Å². The first-order valence-corrected chi connectivity index (χ1v) is 11.8. The number of nitrogens with zero attached hydrogens (tertiary/aromatic N) is 4. The van der Waals surface area contributed by atoms with Gasteiger partial charge in [0.05, 0.1) is 12.2 Å². The van der Waals surface area contributed by atoms with E-state index in [1.165, 1.54) is 11.0 Å². The number of amides is 3. The van der Waals surface area contributed by atoms with Crippen molar-refractivity contribution in [1.82, 2.24) is 15.3 Å². The van der Waals surface area contributed by atoms with Crippen LogP contribution in [0.5, 0.6) is 0 Å². The molecule has 4 rings (SSSR count). The highest BCUT2D eigenvalue weighted by molar-refractivity contribution is 6.28. The van der Waals surface area contributed by atoms with Crippen LogP contribution in [0, 0.1) is 12.7 Å². The summed E-state index contributed by atoms with van der Waals surface area (Å²) in [7, 11) is 0. The summed E-state index contributed by atoms with van der Waals surface area (Å²) in [5.74, 6) is -0.0436. The lowest BCUT2D eigenvalue weighted by Gasteiger charge is -2.43. The molecule has 0 radical (unpaired) electrons. The van der Waals surface area contributed by atoms with E-state index in [0.29, 0.717) is 29.8 Å². The third-order valence-corrected chi connectivity index (χ3v) is 6.18. The van der Waals surface area contributed by atoms with Crippen LogP contribution in [-0.4, -0.2) is 39.8 Å². The van der Waals surface area contributed by atoms with Gasteiger partial charge in [-0.25, -0.2) is 19.0 Å². The van der Waals surface area contributed by atoms with Crippen LogP contribution in [0.1, 0.15) is 57.6 Å². The van der Waals surface area contributed by atoms with E-state index < -0.39 is 17.5 Å².